The van der Waals surface area contributed by atoms with E-state index < -0.39 is 0 Å². The van der Waals surface area contributed by atoms with Gasteiger partial charge < -0.3 is 19.4 Å². The molecule has 0 spiro atoms. The van der Waals surface area contributed by atoms with Crippen molar-refractivity contribution in [2.45, 2.75) is 32.7 Å². The summed E-state index contributed by atoms with van der Waals surface area (Å²) in [5.74, 6) is 2.43. The van der Waals surface area contributed by atoms with Crippen LogP contribution in [0.3, 0.4) is 0 Å². The Balaban J connectivity index is 1.68. The minimum absolute atomic E-state index is 0.0393. The lowest BCUT2D eigenvalue weighted by Gasteiger charge is -2.19. The fourth-order valence-electron chi connectivity index (χ4n) is 2.83. The molecule has 0 radical (unpaired) electrons. The maximum Gasteiger partial charge on any atom is 0.221 e. The number of aromatic nitrogens is 2. The highest BCUT2D eigenvalue weighted by Gasteiger charge is 2.16. The summed E-state index contributed by atoms with van der Waals surface area (Å²) < 4.78 is 15.3. The molecule has 0 aliphatic carbocycles. The molecule has 0 bridgehead atoms. The van der Waals surface area contributed by atoms with Gasteiger partial charge in [-0.25, -0.2) is 4.98 Å². The lowest BCUT2D eigenvalue weighted by atomic mass is 10.1. The van der Waals surface area contributed by atoms with Crippen molar-refractivity contribution < 1.29 is 13.9 Å². The molecule has 0 aliphatic heterocycles. The highest BCUT2D eigenvalue weighted by Crippen LogP contribution is 2.22. The first-order valence-corrected chi connectivity index (χ1v) is 10.4. The molecule has 0 saturated carbocycles. The fourth-order valence-corrected chi connectivity index (χ4v) is 3.54. The van der Waals surface area contributed by atoms with Crippen LogP contribution in [0.4, 0.5) is 5.13 Å². The summed E-state index contributed by atoms with van der Waals surface area (Å²) in [6.45, 7) is 3.82. The third kappa shape index (κ3) is 6.32. The average molecular weight is 415 g/mol. The Labute approximate surface area is 174 Å². The maximum atomic E-state index is 12.0. The summed E-state index contributed by atoms with van der Waals surface area (Å²) in [5, 5.41) is 3.69. The number of carbonyl (C=O) groups is 1. The van der Waals surface area contributed by atoms with Crippen LogP contribution >= 0.6 is 11.5 Å². The molecule has 7 nitrogen and oxygen atoms in total. The summed E-state index contributed by atoms with van der Waals surface area (Å²) in [6, 6.07) is 11.7. The van der Waals surface area contributed by atoms with E-state index in [-0.39, 0.29) is 5.91 Å². The van der Waals surface area contributed by atoms with Crippen molar-refractivity contribution in [3.63, 3.8) is 0 Å². The summed E-state index contributed by atoms with van der Waals surface area (Å²) in [7, 11) is 1.65. The van der Waals surface area contributed by atoms with Crippen molar-refractivity contribution in [3.8, 4) is 5.75 Å². The number of ether oxygens (including phenoxy) is 1. The van der Waals surface area contributed by atoms with Crippen molar-refractivity contribution >= 4 is 22.6 Å². The van der Waals surface area contributed by atoms with Crippen molar-refractivity contribution in [1.29, 1.82) is 0 Å². The monoisotopic (exact) mass is 414 g/mol. The molecule has 2 aromatic heterocycles. The van der Waals surface area contributed by atoms with Crippen LogP contribution in [0.15, 0.2) is 47.1 Å². The Bertz CT molecular complexity index is 895. The molecule has 3 aromatic rings. The van der Waals surface area contributed by atoms with Crippen LogP contribution in [-0.4, -0.2) is 35.5 Å². The first-order valence-electron chi connectivity index (χ1n) is 9.67. The van der Waals surface area contributed by atoms with Crippen LogP contribution in [0.1, 0.15) is 36.9 Å². The number of hydrogen-bond donors (Lipinski definition) is 1. The SMILES string of the molecule is CCCNC(=O)CCN(Cc1ccco1)c1nc(Cc2cccc(OC)c2)ns1. The zero-order valence-corrected chi connectivity index (χ0v) is 17.6. The van der Waals surface area contributed by atoms with Crippen LogP contribution < -0.4 is 15.0 Å². The summed E-state index contributed by atoms with van der Waals surface area (Å²) in [4.78, 5) is 18.8. The molecular weight excluding hydrogens is 388 g/mol. The number of nitrogens with one attached hydrogen (secondary N) is 1. The molecule has 0 aliphatic rings. The quantitative estimate of drug-likeness (QED) is 0.516. The number of methoxy groups -OCH3 is 1. The second kappa shape index (κ2) is 10.6. The number of anilines is 1. The van der Waals surface area contributed by atoms with E-state index in [1.54, 1.807) is 13.4 Å². The lowest BCUT2D eigenvalue weighted by Crippen LogP contribution is -2.31. The predicted molar refractivity (Wildman–Crippen MR) is 113 cm³/mol. The highest BCUT2D eigenvalue weighted by atomic mass is 32.1. The number of furan rings is 1. The van der Waals surface area contributed by atoms with E-state index in [2.05, 4.69) is 9.69 Å². The van der Waals surface area contributed by atoms with Gasteiger partial charge in [-0.1, -0.05) is 19.1 Å². The topological polar surface area (TPSA) is 80.5 Å². The van der Waals surface area contributed by atoms with Gasteiger partial charge in [-0.15, -0.1) is 0 Å². The molecule has 0 unspecified atom stereocenters. The third-order valence-electron chi connectivity index (χ3n) is 4.33. The number of rotatable bonds is 11. The van der Waals surface area contributed by atoms with Gasteiger partial charge in [0.15, 0.2) is 0 Å². The fraction of sp³-hybridized carbons (Fsp3) is 0.381. The summed E-state index contributed by atoms with van der Waals surface area (Å²) in [5.41, 5.74) is 1.09. The van der Waals surface area contributed by atoms with Crippen LogP contribution in [0, 0.1) is 0 Å². The van der Waals surface area contributed by atoms with E-state index in [1.807, 2.05) is 48.2 Å². The molecule has 1 N–H and O–H groups in total. The first kappa shape index (κ1) is 20.9. The van der Waals surface area contributed by atoms with E-state index in [0.29, 0.717) is 32.5 Å². The number of carbonyl (C=O) groups excluding carboxylic acids is 1. The number of hydrogen-bond acceptors (Lipinski definition) is 7. The van der Waals surface area contributed by atoms with Crippen LogP contribution in [0.25, 0.3) is 0 Å². The minimum atomic E-state index is 0.0393. The molecule has 0 atom stereocenters. The Kier molecular flexibility index (Phi) is 7.63. The molecule has 29 heavy (non-hydrogen) atoms. The summed E-state index contributed by atoms with van der Waals surface area (Å²) >= 11 is 1.34. The molecule has 2 heterocycles. The average Bonchev–Trinajstić information content (AvgIpc) is 3.41. The zero-order chi connectivity index (χ0) is 20.5. The van der Waals surface area contributed by atoms with Crippen molar-refractivity contribution in [2.24, 2.45) is 0 Å². The van der Waals surface area contributed by atoms with Crippen molar-refractivity contribution in [3.05, 3.63) is 59.8 Å². The van der Waals surface area contributed by atoms with E-state index in [0.717, 1.165) is 34.4 Å². The Hall–Kier alpha value is -2.87. The van der Waals surface area contributed by atoms with Gasteiger partial charge in [0.2, 0.25) is 11.0 Å². The predicted octanol–water partition coefficient (Wildman–Crippen LogP) is 3.65. The van der Waals surface area contributed by atoms with Crippen molar-refractivity contribution in [1.82, 2.24) is 14.7 Å². The molecule has 0 saturated heterocycles. The molecule has 0 fully saturated rings. The molecule has 1 aromatic carbocycles. The van der Waals surface area contributed by atoms with Gasteiger partial charge in [-0.3, -0.25) is 4.79 Å². The maximum absolute atomic E-state index is 12.0. The number of nitrogens with zero attached hydrogens (tertiary/aromatic N) is 3. The van der Waals surface area contributed by atoms with E-state index in [4.69, 9.17) is 14.1 Å². The third-order valence-corrected chi connectivity index (χ3v) is 5.15. The second-order valence-electron chi connectivity index (χ2n) is 6.62. The van der Waals surface area contributed by atoms with Crippen LogP contribution in [0.2, 0.25) is 0 Å². The minimum Gasteiger partial charge on any atom is -0.497 e. The Morgan fingerprint density at radius 3 is 2.97 bits per heavy atom. The normalized spacial score (nSPS) is 10.7. The van der Waals surface area contributed by atoms with Gasteiger partial charge in [-0.2, -0.15) is 4.37 Å². The molecule has 3 rings (SSSR count). The second-order valence-corrected chi connectivity index (χ2v) is 7.35. The highest BCUT2D eigenvalue weighted by molar-refractivity contribution is 7.09. The molecule has 154 valence electrons. The van der Waals surface area contributed by atoms with Gasteiger partial charge in [0.25, 0.3) is 0 Å². The van der Waals surface area contributed by atoms with E-state index in [9.17, 15) is 4.79 Å². The van der Waals surface area contributed by atoms with Gasteiger partial charge in [-0.05, 0) is 36.2 Å². The van der Waals surface area contributed by atoms with E-state index in [1.165, 1.54) is 11.5 Å². The van der Waals surface area contributed by atoms with Crippen LogP contribution in [0.5, 0.6) is 5.75 Å². The van der Waals surface area contributed by atoms with Gasteiger partial charge >= 0.3 is 0 Å². The zero-order valence-electron chi connectivity index (χ0n) is 16.8. The Morgan fingerprint density at radius 2 is 2.21 bits per heavy atom. The van der Waals surface area contributed by atoms with Gasteiger partial charge in [0.1, 0.15) is 17.3 Å². The van der Waals surface area contributed by atoms with Gasteiger partial charge in [0, 0.05) is 37.5 Å². The Morgan fingerprint density at radius 1 is 1.31 bits per heavy atom. The van der Waals surface area contributed by atoms with Gasteiger partial charge in [0.05, 0.1) is 19.9 Å². The largest absolute Gasteiger partial charge is 0.497 e. The molecule has 8 heteroatoms. The standard InChI is InChI=1S/C21H26N4O3S/c1-3-10-22-20(26)9-11-25(15-18-8-5-12-28-18)21-23-19(24-29-21)14-16-6-4-7-17(13-16)27-2/h4-8,12-13H,3,9-11,14-15H2,1-2H3,(H,22,26). The van der Waals surface area contributed by atoms with E-state index >= 15 is 0 Å². The number of amides is 1. The van der Waals surface area contributed by atoms with Crippen LogP contribution in [-0.2, 0) is 17.8 Å². The van der Waals surface area contributed by atoms with Crippen molar-refractivity contribution in [2.75, 3.05) is 25.1 Å². The first-order chi connectivity index (χ1) is 14.2. The molecular formula is C21H26N4O3S. The lowest BCUT2D eigenvalue weighted by molar-refractivity contribution is -0.120. The summed E-state index contributed by atoms with van der Waals surface area (Å²) in [6.07, 6.45) is 3.59. The smallest absolute Gasteiger partial charge is 0.221 e. The number of benzene rings is 1. The molecule has 1 amide bonds.